The Morgan fingerprint density at radius 1 is 1.10 bits per heavy atom. The van der Waals surface area contributed by atoms with Crippen LogP contribution in [0.2, 0.25) is 0 Å². The third-order valence-electron chi connectivity index (χ3n) is 4.73. The maximum atomic E-state index is 13.0. The van der Waals surface area contributed by atoms with Crippen LogP contribution in [-0.4, -0.2) is 55.5 Å². The molecule has 0 saturated heterocycles. The number of aryl methyl sites for hydroxylation is 1. The first-order valence-corrected chi connectivity index (χ1v) is 9.78. The third-order valence-corrected chi connectivity index (χ3v) is 4.73. The number of methoxy groups -OCH3 is 2. The second-order valence-electron chi connectivity index (χ2n) is 6.96. The molecule has 0 N–H and O–H groups in total. The lowest BCUT2D eigenvalue weighted by molar-refractivity contribution is -0.139. The number of hydrogen-bond donors (Lipinski definition) is 0. The van der Waals surface area contributed by atoms with Gasteiger partial charge in [-0.05, 0) is 43.2 Å². The van der Waals surface area contributed by atoms with E-state index in [1.807, 2.05) is 37.3 Å². The molecule has 0 spiro atoms. The van der Waals surface area contributed by atoms with Crippen LogP contribution in [0.4, 0.5) is 0 Å². The zero-order chi connectivity index (χ0) is 22.1. The Morgan fingerprint density at radius 2 is 1.83 bits per heavy atom. The molecule has 162 valence electrons. The van der Waals surface area contributed by atoms with E-state index in [4.69, 9.17) is 13.9 Å². The van der Waals surface area contributed by atoms with E-state index in [0.29, 0.717) is 43.3 Å². The molecule has 0 aliphatic rings. The van der Waals surface area contributed by atoms with Gasteiger partial charge in [0.05, 0.1) is 20.8 Å². The Balaban J connectivity index is 2.15. The molecule has 7 nitrogen and oxygen atoms in total. The lowest BCUT2D eigenvalue weighted by Gasteiger charge is -2.26. The van der Waals surface area contributed by atoms with Crippen molar-refractivity contribution < 1.29 is 23.5 Å². The van der Waals surface area contributed by atoms with E-state index in [1.54, 1.807) is 25.2 Å². The number of ether oxygens (including phenoxy) is 2. The summed E-state index contributed by atoms with van der Waals surface area (Å²) in [5.74, 6) is 2.46. The fourth-order valence-electron chi connectivity index (χ4n) is 3.07. The molecule has 2 amide bonds. The van der Waals surface area contributed by atoms with Gasteiger partial charge in [-0.1, -0.05) is 12.1 Å². The molecular formula is C23H30N2O5. The largest absolute Gasteiger partial charge is 0.493 e. The van der Waals surface area contributed by atoms with Crippen molar-refractivity contribution in [3.05, 3.63) is 60.1 Å². The molecule has 0 unspecified atom stereocenters. The highest BCUT2D eigenvalue weighted by atomic mass is 16.5. The average molecular weight is 415 g/mol. The van der Waals surface area contributed by atoms with Crippen LogP contribution in [0.15, 0.2) is 47.4 Å². The molecule has 0 bridgehead atoms. The van der Waals surface area contributed by atoms with Crippen molar-refractivity contribution in [2.24, 2.45) is 0 Å². The minimum atomic E-state index is -0.170. The zero-order valence-electron chi connectivity index (χ0n) is 18.1. The smallest absolute Gasteiger partial charge is 0.242 e. The van der Waals surface area contributed by atoms with Gasteiger partial charge in [-0.2, -0.15) is 0 Å². The Hall–Kier alpha value is -3.22. The molecule has 7 heteroatoms. The van der Waals surface area contributed by atoms with E-state index in [-0.39, 0.29) is 18.4 Å². The normalized spacial score (nSPS) is 10.4. The van der Waals surface area contributed by atoms with E-state index < -0.39 is 0 Å². The van der Waals surface area contributed by atoms with Crippen molar-refractivity contribution in [2.75, 3.05) is 33.9 Å². The Kier molecular flexibility index (Phi) is 8.53. The molecule has 2 rings (SSSR count). The maximum absolute atomic E-state index is 13.0. The molecule has 1 heterocycles. The van der Waals surface area contributed by atoms with Crippen molar-refractivity contribution in [3.8, 4) is 11.5 Å². The lowest BCUT2D eigenvalue weighted by atomic mass is 10.1. The number of hydrogen-bond acceptors (Lipinski definition) is 5. The van der Waals surface area contributed by atoms with Gasteiger partial charge in [-0.3, -0.25) is 9.59 Å². The van der Waals surface area contributed by atoms with Gasteiger partial charge >= 0.3 is 0 Å². The van der Waals surface area contributed by atoms with Gasteiger partial charge in [0.15, 0.2) is 11.5 Å². The second-order valence-corrected chi connectivity index (χ2v) is 6.96. The third kappa shape index (κ3) is 6.40. The number of rotatable bonds is 11. The van der Waals surface area contributed by atoms with E-state index in [9.17, 15) is 9.59 Å². The van der Waals surface area contributed by atoms with Crippen LogP contribution in [0.5, 0.6) is 11.5 Å². The minimum Gasteiger partial charge on any atom is -0.493 e. The second kappa shape index (κ2) is 11.1. The van der Waals surface area contributed by atoms with Crippen molar-refractivity contribution in [1.29, 1.82) is 0 Å². The van der Waals surface area contributed by atoms with E-state index in [2.05, 4.69) is 6.58 Å². The Bertz CT molecular complexity index is 874. The summed E-state index contributed by atoms with van der Waals surface area (Å²) in [6.07, 6.45) is 2.23. The average Bonchev–Trinajstić information content (AvgIpc) is 3.14. The van der Waals surface area contributed by atoms with E-state index in [1.165, 1.54) is 11.8 Å². The fourth-order valence-corrected chi connectivity index (χ4v) is 3.07. The van der Waals surface area contributed by atoms with Crippen molar-refractivity contribution in [3.63, 3.8) is 0 Å². The number of amides is 2. The van der Waals surface area contributed by atoms with Crippen LogP contribution < -0.4 is 9.47 Å². The summed E-state index contributed by atoms with van der Waals surface area (Å²) in [4.78, 5) is 28.0. The molecule has 0 aliphatic carbocycles. The predicted octanol–water partition coefficient (Wildman–Crippen LogP) is 3.21. The van der Waals surface area contributed by atoms with Crippen LogP contribution in [-0.2, 0) is 22.6 Å². The molecule has 0 radical (unpaired) electrons. The van der Waals surface area contributed by atoms with Crippen molar-refractivity contribution in [1.82, 2.24) is 9.80 Å². The summed E-state index contributed by atoms with van der Waals surface area (Å²) in [7, 11) is 3.18. The van der Waals surface area contributed by atoms with Gasteiger partial charge in [0.25, 0.3) is 0 Å². The number of benzene rings is 1. The monoisotopic (exact) mass is 414 g/mol. The molecule has 1 aromatic carbocycles. The molecule has 0 fully saturated rings. The van der Waals surface area contributed by atoms with Crippen molar-refractivity contribution in [2.45, 2.75) is 26.8 Å². The van der Waals surface area contributed by atoms with Gasteiger partial charge in [-0.15, -0.1) is 6.58 Å². The van der Waals surface area contributed by atoms with Gasteiger partial charge < -0.3 is 23.7 Å². The van der Waals surface area contributed by atoms with E-state index in [0.717, 1.165) is 11.3 Å². The lowest BCUT2D eigenvalue weighted by Crippen LogP contribution is -2.42. The minimum absolute atomic E-state index is 0.00697. The van der Waals surface area contributed by atoms with Crippen molar-refractivity contribution >= 4 is 11.8 Å². The standard InChI is InChI=1S/C23H30N2O5/c1-6-12-24(18(3)26)16-23(27)25(15-20-9-7-17(2)30-20)13-11-19-8-10-21(28-4)22(14-19)29-5/h6-10,14H,1,11-13,15-16H2,2-5H3. The summed E-state index contributed by atoms with van der Waals surface area (Å²) in [6.45, 7) is 8.08. The highest BCUT2D eigenvalue weighted by Crippen LogP contribution is 2.27. The molecule has 0 aliphatic heterocycles. The van der Waals surface area contributed by atoms with Gasteiger partial charge in [0.1, 0.15) is 18.1 Å². The highest BCUT2D eigenvalue weighted by Gasteiger charge is 2.20. The molecule has 0 atom stereocenters. The molecule has 0 saturated carbocycles. The summed E-state index contributed by atoms with van der Waals surface area (Å²) in [5, 5.41) is 0. The van der Waals surface area contributed by atoms with Crippen LogP contribution in [0.25, 0.3) is 0 Å². The topological polar surface area (TPSA) is 72.2 Å². The fraction of sp³-hybridized carbons (Fsp3) is 0.391. The first kappa shape index (κ1) is 23.1. The zero-order valence-corrected chi connectivity index (χ0v) is 18.1. The summed E-state index contributed by atoms with van der Waals surface area (Å²) in [5.41, 5.74) is 1.01. The number of carbonyl (C=O) groups is 2. The van der Waals surface area contributed by atoms with Gasteiger partial charge in [-0.25, -0.2) is 0 Å². The molecule has 30 heavy (non-hydrogen) atoms. The van der Waals surface area contributed by atoms with E-state index >= 15 is 0 Å². The number of furan rings is 1. The van der Waals surface area contributed by atoms with Crippen LogP contribution in [0.1, 0.15) is 24.0 Å². The van der Waals surface area contributed by atoms with Crippen LogP contribution in [0.3, 0.4) is 0 Å². The summed E-state index contributed by atoms with van der Waals surface area (Å²) in [6, 6.07) is 9.42. The molecular weight excluding hydrogens is 384 g/mol. The predicted molar refractivity (Wildman–Crippen MR) is 115 cm³/mol. The number of carbonyl (C=O) groups excluding carboxylic acids is 2. The Labute approximate surface area is 177 Å². The van der Waals surface area contributed by atoms with Crippen LogP contribution in [0, 0.1) is 6.92 Å². The van der Waals surface area contributed by atoms with Crippen LogP contribution >= 0.6 is 0 Å². The SMILES string of the molecule is C=CCN(CC(=O)N(CCc1ccc(OC)c(OC)c1)Cc1ccc(C)o1)C(C)=O. The Morgan fingerprint density at radius 3 is 2.40 bits per heavy atom. The maximum Gasteiger partial charge on any atom is 0.242 e. The van der Waals surface area contributed by atoms with Gasteiger partial charge in [0, 0.05) is 20.0 Å². The number of nitrogens with zero attached hydrogens (tertiary/aromatic N) is 2. The summed E-state index contributed by atoms with van der Waals surface area (Å²) >= 11 is 0. The molecule has 2 aromatic rings. The van der Waals surface area contributed by atoms with Gasteiger partial charge in [0.2, 0.25) is 11.8 Å². The molecule has 1 aromatic heterocycles. The first-order chi connectivity index (χ1) is 14.4. The first-order valence-electron chi connectivity index (χ1n) is 9.78. The highest BCUT2D eigenvalue weighted by molar-refractivity contribution is 5.84. The summed E-state index contributed by atoms with van der Waals surface area (Å²) < 4.78 is 16.3. The quantitative estimate of drug-likeness (QED) is 0.528.